The van der Waals surface area contributed by atoms with Crippen LogP contribution in [0.5, 0.6) is 0 Å². The van der Waals surface area contributed by atoms with E-state index in [9.17, 15) is 18.3 Å². The molecule has 0 amide bonds. The molecule has 0 bridgehead atoms. The van der Waals surface area contributed by atoms with Crippen molar-refractivity contribution in [2.75, 3.05) is 0 Å². The van der Waals surface area contributed by atoms with E-state index in [1.807, 2.05) is 0 Å². The van der Waals surface area contributed by atoms with E-state index in [0.29, 0.717) is 12.8 Å². The Morgan fingerprint density at radius 3 is 2.44 bits per heavy atom. The van der Waals surface area contributed by atoms with Gasteiger partial charge >= 0.3 is 5.97 Å². The van der Waals surface area contributed by atoms with E-state index >= 15 is 0 Å². The summed E-state index contributed by atoms with van der Waals surface area (Å²) in [6, 6.07) is -0.555. The van der Waals surface area contributed by atoms with Crippen LogP contribution in [0.25, 0.3) is 0 Å². The molecule has 1 saturated carbocycles. The summed E-state index contributed by atoms with van der Waals surface area (Å²) >= 11 is 0. The monoisotopic (exact) mass is 251 g/mol. The minimum atomic E-state index is -3.90. The molecule has 16 heavy (non-hydrogen) atoms. The third-order valence-corrected chi connectivity index (χ3v) is 4.62. The van der Waals surface area contributed by atoms with Gasteiger partial charge in [-0.05, 0) is 19.8 Å². The first-order chi connectivity index (χ1) is 7.34. The van der Waals surface area contributed by atoms with Gasteiger partial charge in [0, 0.05) is 6.04 Å². The summed E-state index contributed by atoms with van der Waals surface area (Å²) in [5.74, 6) is -1.39. The minimum absolute atomic E-state index is 0.548. The van der Waals surface area contributed by atoms with Gasteiger partial charge in [-0.2, -0.15) is 0 Å². The van der Waals surface area contributed by atoms with Crippen molar-refractivity contribution < 1.29 is 23.4 Å². The molecular formula is C9H17NO5S. The lowest BCUT2D eigenvalue weighted by molar-refractivity contribution is -0.136. The number of rotatable bonds is 4. The topological polar surface area (TPSA) is 104 Å². The van der Waals surface area contributed by atoms with Crippen molar-refractivity contribution in [1.29, 1.82) is 0 Å². The summed E-state index contributed by atoms with van der Waals surface area (Å²) in [5.41, 5.74) is 0. The molecule has 0 aromatic rings. The van der Waals surface area contributed by atoms with Gasteiger partial charge in [-0.25, -0.2) is 13.1 Å². The Balaban J connectivity index is 2.68. The molecule has 94 valence electrons. The average molecular weight is 251 g/mol. The van der Waals surface area contributed by atoms with Crippen LogP contribution in [0.2, 0.25) is 0 Å². The smallest absolute Gasteiger partial charge is 0.323 e. The van der Waals surface area contributed by atoms with Gasteiger partial charge < -0.3 is 10.2 Å². The largest absolute Gasteiger partial charge is 0.480 e. The van der Waals surface area contributed by atoms with E-state index in [0.717, 1.165) is 19.8 Å². The van der Waals surface area contributed by atoms with Crippen molar-refractivity contribution in [2.24, 2.45) is 0 Å². The van der Waals surface area contributed by atoms with Gasteiger partial charge in [-0.1, -0.05) is 12.8 Å². The molecule has 1 aliphatic carbocycles. The number of aliphatic hydroxyl groups is 1. The Hall–Kier alpha value is -0.660. The predicted octanol–water partition coefficient (Wildman–Crippen LogP) is -0.318. The molecular weight excluding hydrogens is 234 g/mol. The Morgan fingerprint density at radius 1 is 1.38 bits per heavy atom. The number of carbonyl (C=O) groups is 1. The Bertz CT molecular complexity index is 353. The standard InChI is InChI=1S/C9H17NO5S/c1-6(9(12)13)16(14,15)10-7-4-2-3-5-8(7)11/h6-8,10-11H,2-5H2,1H3,(H,12,13)/t6?,7-,8-/m0/s1. The summed E-state index contributed by atoms with van der Waals surface area (Å²) < 4.78 is 25.4. The van der Waals surface area contributed by atoms with Crippen molar-refractivity contribution in [3.8, 4) is 0 Å². The molecule has 1 unspecified atom stereocenters. The minimum Gasteiger partial charge on any atom is -0.480 e. The van der Waals surface area contributed by atoms with Gasteiger partial charge in [0.25, 0.3) is 0 Å². The van der Waals surface area contributed by atoms with Crippen LogP contribution in [0.4, 0.5) is 0 Å². The van der Waals surface area contributed by atoms with Gasteiger partial charge in [0.2, 0.25) is 10.0 Å². The van der Waals surface area contributed by atoms with Crippen LogP contribution in [0.3, 0.4) is 0 Å². The maximum Gasteiger partial charge on any atom is 0.323 e. The van der Waals surface area contributed by atoms with Crippen LogP contribution >= 0.6 is 0 Å². The highest BCUT2D eigenvalue weighted by molar-refractivity contribution is 7.90. The van der Waals surface area contributed by atoms with Crippen LogP contribution in [-0.2, 0) is 14.8 Å². The molecule has 0 radical (unpaired) electrons. The molecule has 1 fully saturated rings. The lowest BCUT2D eigenvalue weighted by Crippen LogP contribution is -2.49. The van der Waals surface area contributed by atoms with Crippen LogP contribution in [0, 0.1) is 0 Å². The first kappa shape index (κ1) is 13.4. The van der Waals surface area contributed by atoms with Crippen LogP contribution in [-0.4, -0.2) is 42.0 Å². The predicted molar refractivity (Wildman–Crippen MR) is 57.4 cm³/mol. The molecule has 0 aromatic carbocycles. The maximum atomic E-state index is 11.6. The molecule has 6 nitrogen and oxygen atoms in total. The van der Waals surface area contributed by atoms with Crippen molar-refractivity contribution >= 4 is 16.0 Å². The number of aliphatic carboxylic acids is 1. The first-order valence-corrected chi connectivity index (χ1v) is 6.81. The zero-order valence-electron chi connectivity index (χ0n) is 9.09. The fourth-order valence-electron chi connectivity index (χ4n) is 1.69. The van der Waals surface area contributed by atoms with Crippen molar-refractivity contribution in [3.05, 3.63) is 0 Å². The maximum absolute atomic E-state index is 11.6. The van der Waals surface area contributed by atoms with Crippen LogP contribution in [0.15, 0.2) is 0 Å². The van der Waals surface area contributed by atoms with E-state index in [1.54, 1.807) is 0 Å². The van der Waals surface area contributed by atoms with E-state index < -0.39 is 33.4 Å². The molecule has 1 aliphatic rings. The van der Waals surface area contributed by atoms with Crippen molar-refractivity contribution in [1.82, 2.24) is 4.72 Å². The zero-order valence-corrected chi connectivity index (χ0v) is 9.90. The second kappa shape index (κ2) is 5.11. The molecule has 7 heteroatoms. The SMILES string of the molecule is CC(C(=O)O)S(=O)(=O)N[C@H]1CCCC[C@@H]1O. The van der Waals surface area contributed by atoms with E-state index in [2.05, 4.69) is 4.72 Å². The number of carboxylic acid groups (broad SMARTS) is 1. The van der Waals surface area contributed by atoms with Gasteiger partial charge in [0.1, 0.15) is 0 Å². The molecule has 1 rings (SSSR count). The quantitative estimate of drug-likeness (QED) is 0.635. The Labute approximate surface area is 94.7 Å². The second-order valence-corrected chi connectivity index (χ2v) is 6.13. The van der Waals surface area contributed by atoms with E-state index in [-0.39, 0.29) is 0 Å². The summed E-state index contributed by atoms with van der Waals surface area (Å²) in [5, 5.41) is 16.7. The van der Waals surface area contributed by atoms with Gasteiger partial charge in [-0.3, -0.25) is 4.79 Å². The molecule has 0 aliphatic heterocycles. The molecule has 0 spiro atoms. The van der Waals surface area contributed by atoms with Crippen molar-refractivity contribution in [3.63, 3.8) is 0 Å². The zero-order chi connectivity index (χ0) is 12.3. The fourth-order valence-corrected chi connectivity index (χ4v) is 2.86. The summed E-state index contributed by atoms with van der Waals surface area (Å²) in [6.07, 6.45) is 2.09. The molecule has 3 atom stereocenters. The summed E-state index contributed by atoms with van der Waals surface area (Å²) in [4.78, 5) is 10.6. The number of hydrogen-bond donors (Lipinski definition) is 3. The number of hydrogen-bond acceptors (Lipinski definition) is 4. The molecule has 0 saturated heterocycles. The average Bonchev–Trinajstić information content (AvgIpc) is 2.20. The fraction of sp³-hybridized carbons (Fsp3) is 0.889. The number of carboxylic acids is 1. The van der Waals surface area contributed by atoms with Gasteiger partial charge in [0.15, 0.2) is 5.25 Å². The molecule has 0 aromatic heterocycles. The van der Waals surface area contributed by atoms with Gasteiger partial charge in [-0.15, -0.1) is 0 Å². The van der Waals surface area contributed by atoms with Crippen LogP contribution in [0.1, 0.15) is 32.6 Å². The van der Waals surface area contributed by atoms with Crippen molar-refractivity contribution in [2.45, 2.75) is 50.0 Å². The molecule has 3 N–H and O–H groups in total. The first-order valence-electron chi connectivity index (χ1n) is 5.26. The van der Waals surface area contributed by atoms with E-state index in [1.165, 1.54) is 0 Å². The summed E-state index contributed by atoms with van der Waals surface area (Å²) in [6.45, 7) is 1.11. The highest BCUT2D eigenvalue weighted by Gasteiger charge is 2.33. The third-order valence-electron chi connectivity index (χ3n) is 2.86. The lowest BCUT2D eigenvalue weighted by Gasteiger charge is -2.28. The summed E-state index contributed by atoms with van der Waals surface area (Å²) in [7, 11) is -3.90. The Morgan fingerprint density at radius 2 is 1.94 bits per heavy atom. The third kappa shape index (κ3) is 3.16. The number of sulfonamides is 1. The normalized spacial score (nSPS) is 28.6. The highest BCUT2D eigenvalue weighted by atomic mass is 32.2. The lowest BCUT2D eigenvalue weighted by atomic mass is 9.93. The van der Waals surface area contributed by atoms with Crippen LogP contribution < -0.4 is 4.72 Å². The second-order valence-electron chi connectivity index (χ2n) is 4.10. The highest BCUT2D eigenvalue weighted by Crippen LogP contribution is 2.19. The number of aliphatic hydroxyl groups excluding tert-OH is 1. The van der Waals surface area contributed by atoms with Gasteiger partial charge in [0.05, 0.1) is 6.10 Å². The van der Waals surface area contributed by atoms with E-state index in [4.69, 9.17) is 5.11 Å². The number of nitrogens with one attached hydrogen (secondary N) is 1. The Kier molecular flexibility index (Phi) is 4.28. The molecule has 0 heterocycles.